The van der Waals surface area contributed by atoms with E-state index in [1.54, 1.807) is 0 Å². The van der Waals surface area contributed by atoms with Crippen molar-refractivity contribution in [2.75, 3.05) is 16.8 Å². The van der Waals surface area contributed by atoms with Gasteiger partial charge in [0, 0.05) is 29.4 Å². The number of allylic oxidation sites excluding steroid dienone is 2. The molecule has 0 radical (unpaired) electrons. The van der Waals surface area contributed by atoms with Crippen LogP contribution in [-0.4, -0.2) is 12.5 Å². The molecule has 3 heteroatoms. The molecular formula is C30H32N2O. The minimum Gasteiger partial charge on any atom is -0.378 e. The number of nitrogens with one attached hydrogen (secondary N) is 1. The van der Waals surface area contributed by atoms with Crippen LogP contribution in [0.1, 0.15) is 72.1 Å². The van der Waals surface area contributed by atoms with Crippen LogP contribution >= 0.6 is 0 Å². The van der Waals surface area contributed by atoms with E-state index in [4.69, 9.17) is 0 Å². The molecule has 3 unspecified atom stereocenters. The van der Waals surface area contributed by atoms with E-state index in [9.17, 15) is 4.79 Å². The summed E-state index contributed by atoms with van der Waals surface area (Å²) >= 11 is 0. The molecule has 1 aliphatic carbocycles. The Balaban J connectivity index is 1.46. The Morgan fingerprint density at radius 3 is 2.48 bits per heavy atom. The third-order valence-corrected chi connectivity index (χ3v) is 7.20. The number of hydrogen-bond donors (Lipinski definition) is 1. The molecule has 0 spiro atoms. The number of carbonyl (C=O) groups is 1. The molecule has 2 aliphatic rings. The maximum absolute atomic E-state index is 13.4. The van der Waals surface area contributed by atoms with Gasteiger partial charge < -0.3 is 10.2 Å². The third-order valence-electron chi connectivity index (χ3n) is 7.20. The lowest BCUT2D eigenvalue weighted by atomic mass is 9.76. The lowest BCUT2D eigenvalue weighted by Crippen LogP contribution is -2.32. The molecule has 0 bridgehead atoms. The lowest BCUT2D eigenvalue weighted by molar-refractivity contribution is 0.0988. The molecule has 0 saturated heterocycles. The normalized spacial score (nSPS) is 20.8. The van der Waals surface area contributed by atoms with E-state index in [-0.39, 0.29) is 11.9 Å². The molecule has 0 saturated carbocycles. The van der Waals surface area contributed by atoms with Gasteiger partial charge in [0.05, 0.1) is 6.04 Å². The second-order valence-corrected chi connectivity index (χ2v) is 9.48. The fourth-order valence-electron chi connectivity index (χ4n) is 5.35. The average molecular weight is 437 g/mol. The van der Waals surface area contributed by atoms with Gasteiger partial charge in [0.25, 0.3) is 5.91 Å². The second kappa shape index (κ2) is 8.90. The molecule has 1 heterocycles. The molecule has 0 fully saturated rings. The summed E-state index contributed by atoms with van der Waals surface area (Å²) in [6, 6.07) is 25.5. The highest BCUT2D eigenvalue weighted by Gasteiger charge is 2.38. The predicted molar refractivity (Wildman–Crippen MR) is 137 cm³/mol. The van der Waals surface area contributed by atoms with Gasteiger partial charge in [0.2, 0.25) is 0 Å². The van der Waals surface area contributed by atoms with E-state index in [0.717, 1.165) is 23.4 Å². The van der Waals surface area contributed by atoms with Crippen LogP contribution in [0.2, 0.25) is 0 Å². The topological polar surface area (TPSA) is 32.3 Å². The van der Waals surface area contributed by atoms with Gasteiger partial charge in [-0.1, -0.05) is 68.5 Å². The molecule has 3 nitrogen and oxygen atoms in total. The van der Waals surface area contributed by atoms with Gasteiger partial charge in [0.1, 0.15) is 0 Å². The highest BCUT2D eigenvalue weighted by atomic mass is 16.2. The van der Waals surface area contributed by atoms with Gasteiger partial charge in [-0.25, -0.2) is 0 Å². The zero-order valence-electron chi connectivity index (χ0n) is 19.7. The molecular weight excluding hydrogens is 404 g/mol. The van der Waals surface area contributed by atoms with Gasteiger partial charge >= 0.3 is 0 Å². The van der Waals surface area contributed by atoms with Gasteiger partial charge in [-0.3, -0.25) is 4.79 Å². The van der Waals surface area contributed by atoms with Crippen LogP contribution in [0.3, 0.4) is 0 Å². The summed E-state index contributed by atoms with van der Waals surface area (Å²) in [5.74, 6) is 1.38. The molecule has 1 amide bonds. The van der Waals surface area contributed by atoms with Gasteiger partial charge in [0.15, 0.2) is 0 Å². The standard InChI is InChI=1S/C30H32N2O/c1-4-32(24-9-6-5-7-10-24)30(33)23-17-18-28-27(19-23)25-11-8-12-26(25)29(31-28)22-15-13-21(14-16-22)20(2)3/h5-11,13-20,25-26,29,31H,4,12H2,1-3H3. The van der Waals surface area contributed by atoms with Crippen LogP contribution in [0, 0.1) is 5.92 Å². The first-order valence-electron chi connectivity index (χ1n) is 12.1. The summed E-state index contributed by atoms with van der Waals surface area (Å²) in [7, 11) is 0. The maximum atomic E-state index is 13.4. The van der Waals surface area contributed by atoms with E-state index in [1.165, 1.54) is 16.7 Å². The first-order chi connectivity index (χ1) is 16.1. The zero-order chi connectivity index (χ0) is 22.9. The zero-order valence-corrected chi connectivity index (χ0v) is 19.7. The molecule has 5 rings (SSSR count). The number of para-hydroxylation sites is 1. The summed E-state index contributed by atoms with van der Waals surface area (Å²) < 4.78 is 0. The number of carbonyl (C=O) groups excluding carboxylic acids is 1. The number of fused-ring (bicyclic) bond motifs is 3. The summed E-state index contributed by atoms with van der Waals surface area (Å²) in [6.07, 6.45) is 5.69. The Labute approximate surface area is 197 Å². The molecule has 3 aromatic carbocycles. The highest BCUT2D eigenvalue weighted by Crippen LogP contribution is 2.50. The summed E-state index contributed by atoms with van der Waals surface area (Å²) in [5, 5.41) is 3.81. The van der Waals surface area contributed by atoms with E-state index < -0.39 is 0 Å². The minimum atomic E-state index is 0.0522. The van der Waals surface area contributed by atoms with Crippen LogP contribution in [0.4, 0.5) is 11.4 Å². The van der Waals surface area contributed by atoms with E-state index in [1.807, 2.05) is 48.2 Å². The summed E-state index contributed by atoms with van der Waals surface area (Å²) in [4.78, 5) is 15.3. The van der Waals surface area contributed by atoms with Crippen LogP contribution < -0.4 is 10.2 Å². The molecule has 0 aromatic heterocycles. The molecule has 3 atom stereocenters. The van der Waals surface area contributed by atoms with Crippen molar-refractivity contribution in [3.63, 3.8) is 0 Å². The summed E-state index contributed by atoms with van der Waals surface area (Å²) in [6.45, 7) is 7.13. The predicted octanol–water partition coefficient (Wildman–Crippen LogP) is 7.30. The van der Waals surface area contributed by atoms with Gasteiger partial charge in [-0.05, 0) is 72.2 Å². The number of hydrogen-bond acceptors (Lipinski definition) is 2. The number of rotatable bonds is 5. The number of benzene rings is 3. The Morgan fingerprint density at radius 1 is 1.03 bits per heavy atom. The van der Waals surface area contributed by atoms with Crippen LogP contribution in [0.25, 0.3) is 0 Å². The van der Waals surface area contributed by atoms with E-state index in [0.29, 0.717) is 24.3 Å². The highest BCUT2D eigenvalue weighted by molar-refractivity contribution is 6.06. The quantitative estimate of drug-likeness (QED) is 0.426. The van der Waals surface area contributed by atoms with Crippen LogP contribution in [0.5, 0.6) is 0 Å². The van der Waals surface area contributed by atoms with Gasteiger partial charge in [-0.15, -0.1) is 0 Å². The molecule has 168 valence electrons. The largest absolute Gasteiger partial charge is 0.378 e. The van der Waals surface area contributed by atoms with E-state index in [2.05, 4.69) is 67.7 Å². The average Bonchev–Trinajstić information content (AvgIpc) is 3.35. The van der Waals surface area contributed by atoms with Crippen molar-refractivity contribution >= 4 is 17.3 Å². The lowest BCUT2D eigenvalue weighted by Gasteiger charge is -2.38. The van der Waals surface area contributed by atoms with Crippen molar-refractivity contribution < 1.29 is 4.79 Å². The Hall–Kier alpha value is -3.33. The molecule has 1 aliphatic heterocycles. The smallest absolute Gasteiger partial charge is 0.258 e. The molecule has 3 aromatic rings. The number of anilines is 2. The van der Waals surface area contributed by atoms with E-state index >= 15 is 0 Å². The van der Waals surface area contributed by atoms with Crippen molar-refractivity contribution in [3.8, 4) is 0 Å². The van der Waals surface area contributed by atoms with Crippen molar-refractivity contribution in [2.24, 2.45) is 5.92 Å². The number of nitrogens with zero attached hydrogens (tertiary/aromatic N) is 1. The van der Waals surface area contributed by atoms with Crippen molar-refractivity contribution in [1.82, 2.24) is 0 Å². The monoisotopic (exact) mass is 436 g/mol. The Morgan fingerprint density at radius 2 is 1.79 bits per heavy atom. The van der Waals surface area contributed by atoms with Crippen molar-refractivity contribution in [3.05, 3.63) is 107 Å². The summed E-state index contributed by atoms with van der Waals surface area (Å²) in [5.41, 5.74) is 6.77. The van der Waals surface area contributed by atoms with Crippen LogP contribution in [-0.2, 0) is 0 Å². The number of amides is 1. The van der Waals surface area contributed by atoms with Gasteiger partial charge in [-0.2, -0.15) is 0 Å². The SMILES string of the molecule is CCN(C(=O)c1ccc2c(c1)C1C=CCC1C(c1ccc(C(C)C)cc1)N2)c1ccccc1. The molecule has 33 heavy (non-hydrogen) atoms. The third kappa shape index (κ3) is 3.97. The Bertz CT molecular complexity index is 1160. The molecule has 1 N–H and O–H groups in total. The van der Waals surface area contributed by atoms with Crippen LogP contribution in [0.15, 0.2) is 84.9 Å². The van der Waals surface area contributed by atoms with Crippen molar-refractivity contribution in [1.29, 1.82) is 0 Å². The maximum Gasteiger partial charge on any atom is 0.258 e. The minimum absolute atomic E-state index is 0.0522. The fraction of sp³-hybridized carbons (Fsp3) is 0.300. The second-order valence-electron chi connectivity index (χ2n) is 9.48. The first kappa shape index (κ1) is 21.5. The fourth-order valence-corrected chi connectivity index (χ4v) is 5.35. The first-order valence-corrected chi connectivity index (χ1v) is 12.1. The van der Waals surface area contributed by atoms with Crippen molar-refractivity contribution in [2.45, 2.75) is 45.1 Å². The Kier molecular flexibility index (Phi) is 5.80.